The van der Waals surface area contributed by atoms with Crippen molar-refractivity contribution in [1.82, 2.24) is 5.32 Å². The van der Waals surface area contributed by atoms with E-state index in [9.17, 15) is 4.79 Å². The highest BCUT2D eigenvalue weighted by Gasteiger charge is 2.33. The van der Waals surface area contributed by atoms with Gasteiger partial charge in [-0.2, -0.15) is 0 Å². The van der Waals surface area contributed by atoms with Crippen molar-refractivity contribution in [3.63, 3.8) is 0 Å². The predicted molar refractivity (Wildman–Crippen MR) is 94.7 cm³/mol. The number of carbonyl (C=O) groups excluding carboxylic acids is 1. The molecule has 0 aromatic heterocycles. The third kappa shape index (κ3) is 3.70. The van der Waals surface area contributed by atoms with E-state index < -0.39 is 0 Å². The van der Waals surface area contributed by atoms with Crippen molar-refractivity contribution < 1.29 is 4.79 Å². The number of ketones is 1. The highest BCUT2D eigenvalue weighted by molar-refractivity contribution is 5.81. The maximum absolute atomic E-state index is 12.3. The summed E-state index contributed by atoms with van der Waals surface area (Å²) in [4.78, 5) is 12.3. The van der Waals surface area contributed by atoms with Crippen LogP contribution in [0.5, 0.6) is 0 Å². The van der Waals surface area contributed by atoms with Crippen molar-refractivity contribution in [2.75, 3.05) is 0 Å². The van der Waals surface area contributed by atoms with Crippen molar-refractivity contribution >= 4 is 5.78 Å². The molecule has 0 aliphatic carbocycles. The Balaban J connectivity index is 1.75. The molecule has 2 nitrogen and oxygen atoms in total. The van der Waals surface area contributed by atoms with Gasteiger partial charge in [-0.05, 0) is 23.0 Å². The Hall–Kier alpha value is -1.93. The molecule has 0 radical (unpaired) electrons. The highest BCUT2D eigenvalue weighted by Crippen LogP contribution is 2.30. The van der Waals surface area contributed by atoms with Gasteiger partial charge in [-0.25, -0.2) is 0 Å². The van der Waals surface area contributed by atoms with E-state index in [1.165, 1.54) is 11.1 Å². The fraction of sp³-hybridized carbons (Fsp3) is 0.381. The van der Waals surface area contributed by atoms with Gasteiger partial charge in [0.15, 0.2) is 0 Å². The van der Waals surface area contributed by atoms with Gasteiger partial charge < -0.3 is 5.32 Å². The molecule has 1 N–H and O–H groups in total. The molecule has 1 heterocycles. The van der Waals surface area contributed by atoms with Crippen LogP contribution in [0.1, 0.15) is 49.7 Å². The fourth-order valence-electron chi connectivity index (χ4n) is 3.59. The van der Waals surface area contributed by atoms with Crippen LogP contribution in [-0.4, -0.2) is 17.9 Å². The zero-order chi connectivity index (χ0) is 16.2. The van der Waals surface area contributed by atoms with Crippen molar-refractivity contribution in [2.24, 2.45) is 0 Å². The van der Waals surface area contributed by atoms with E-state index in [1.54, 1.807) is 0 Å². The van der Waals surface area contributed by atoms with Gasteiger partial charge in [0, 0.05) is 24.9 Å². The van der Waals surface area contributed by atoms with Crippen LogP contribution in [0, 0.1) is 0 Å². The number of piperidine rings is 1. The molecule has 0 spiro atoms. The second-order valence-electron chi connectivity index (χ2n) is 6.73. The average molecular weight is 307 g/mol. The predicted octanol–water partition coefficient (Wildman–Crippen LogP) is 4.28. The summed E-state index contributed by atoms with van der Waals surface area (Å²) in [5.41, 5.74) is 2.59. The van der Waals surface area contributed by atoms with E-state index in [1.807, 2.05) is 12.1 Å². The number of nitrogens with one attached hydrogen (secondary N) is 1. The van der Waals surface area contributed by atoms with E-state index in [0.29, 0.717) is 30.5 Å². The molecule has 3 rings (SSSR count). The van der Waals surface area contributed by atoms with Crippen molar-refractivity contribution in [3.8, 4) is 0 Å². The van der Waals surface area contributed by atoms with Gasteiger partial charge in [0.05, 0.1) is 0 Å². The summed E-state index contributed by atoms with van der Waals surface area (Å²) in [5.74, 6) is 1.06. The van der Waals surface area contributed by atoms with Crippen LogP contribution in [0.2, 0.25) is 0 Å². The maximum atomic E-state index is 12.3. The molecule has 2 aromatic rings. The second kappa shape index (κ2) is 7.10. The summed E-state index contributed by atoms with van der Waals surface area (Å²) >= 11 is 0. The van der Waals surface area contributed by atoms with Gasteiger partial charge in [-0.1, -0.05) is 74.5 Å². The third-order valence-electron chi connectivity index (χ3n) is 5.18. The molecule has 1 fully saturated rings. The average Bonchev–Trinajstić information content (AvgIpc) is 2.61. The monoisotopic (exact) mass is 307 g/mol. The molecule has 23 heavy (non-hydrogen) atoms. The molecule has 120 valence electrons. The zero-order valence-electron chi connectivity index (χ0n) is 13.9. The topological polar surface area (TPSA) is 29.1 Å². The lowest BCUT2D eigenvalue weighted by molar-refractivity contribution is -0.122. The van der Waals surface area contributed by atoms with Crippen LogP contribution in [-0.2, 0) is 4.79 Å². The van der Waals surface area contributed by atoms with Crippen LogP contribution in [0.4, 0.5) is 0 Å². The van der Waals surface area contributed by atoms with Crippen LogP contribution in [0.3, 0.4) is 0 Å². The number of rotatable bonds is 4. The summed E-state index contributed by atoms with van der Waals surface area (Å²) in [6.07, 6.45) is 1.27. The van der Waals surface area contributed by atoms with Crippen molar-refractivity contribution in [1.29, 1.82) is 0 Å². The first-order chi connectivity index (χ1) is 11.1. The van der Waals surface area contributed by atoms with Gasteiger partial charge >= 0.3 is 0 Å². The molecule has 2 aromatic carbocycles. The Morgan fingerprint density at radius 2 is 1.17 bits per heavy atom. The van der Waals surface area contributed by atoms with Crippen LogP contribution in [0.25, 0.3) is 0 Å². The van der Waals surface area contributed by atoms with Gasteiger partial charge in [0.1, 0.15) is 5.78 Å². The lowest BCUT2D eigenvalue weighted by Crippen LogP contribution is -2.50. The molecule has 1 aliphatic rings. The van der Waals surface area contributed by atoms with Gasteiger partial charge in [0.25, 0.3) is 0 Å². The minimum absolute atomic E-state index is 0.217. The maximum Gasteiger partial charge on any atom is 0.136 e. The number of benzene rings is 2. The summed E-state index contributed by atoms with van der Waals surface area (Å²) < 4.78 is 0. The van der Waals surface area contributed by atoms with Gasteiger partial charge in [-0.15, -0.1) is 0 Å². The largest absolute Gasteiger partial charge is 0.309 e. The minimum atomic E-state index is 0.217. The standard InChI is InChI=1S/C21H25NO/c1-15(17-9-5-3-6-10-17)20-13-19(23)14-21(22-20)16(2)18-11-7-4-8-12-18/h3-12,15-16,20-22H,13-14H2,1-2H3. The van der Waals surface area contributed by atoms with E-state index in [-0.39, 0.29) is 12.1 Å². The summed E-state index contributed by atoms with van der Waals surface area (Å²) in [6, 6.07) is 21.4. The zero-order valence-corrected chi connectivity index (χ0v) is 13.9. The first-order valence-corrected chi connectivity index (χ1v) is 8.53. The van der Waals surface area contributed by atoms with E-state index in [2.05, 4.69) is 67.7 Å². The first-order valence-electron chi connectivity index (χ1n) is 8.53. The number of hydrogen-bond acceptors (Lipinski definition) is 2. The molecule has 0 saturated carbocycles. The summed E-state index contributed by atoms with van der Waals surface area (Å²) in [5, 5.41) is 3.76. The van der Waals surface area contributed by atoms with E-state index in [0.717, 1.165) is 0 Å². The fourth-order valence-corrected chi connectivity index (χ4v) is 3.59. The van der Waals surface area contributed by atoms with Crippen LogP contribution in [0.15, 0.2) is 60.7 Å². The molecule has 4 atom stereocenters. The molecule has 0 amide bonds. The third-order valence-corrected chi connectivity index (χ3v) is 5.18. The molecule has 1 aliphatic heterocycles. The Morgan fingerprint density at radius 3 is 1.57 bits per heavy atom. The van der Waals surface area contributed by atoms with Crippen LogP contribution < -0.4 is 5.32 Å². The molecule has 0 bridgehead atoms. The normalized spacial score (nSPS) is 24.2. The molecule has 2 heteroatoms. The first kappa shape index (κ1) is 15.9. The molecular formula is C21H25NO. The Kier molecular flexibility index (Phi) is 4.92. The minimum Gasteiger partial charge on any atom is -0.309 e. The molecule has 4 unspecified atom stereocenters. The van der Waals surface area contributed by atoms with Gasteiger partial charge in [-0.3, -0.25) is 4.79 Å². The van der Waals surface area contributed by atoms with E-state index in [4.69, 9.17) is 0 Å². The Bertz CT molecular complexity index is 582. The quantitative estimate of drug-likeness (QED) is 0.913. The highest BCUT2D eigenvalue weighted by atomic mass is 16.1. The lowest BCUT2D eigenvalue weighted by atomic mass is 9.81. The summed E-state index contributed by atoms with van der Waals surface area (Å²) in [7, 11) is 0. The molecular weight excluding hydrogens is 282 g/mol. The smallest absolute Gasteiger partial charge is 0.136 e. The van der Waals surface area contributed by atoms with Crippen molar-refractivity contribution in [2.45, 2.75) is 50.6 Å². The van der Waals surface area contributed by atoms with Gasteiger partial charge in [0.2, 0.25) is 0 Å². The number of Topliss-reactive ketones (excluding diaryl/α,β-unsaturated/α-hetero) is 1. The SMILES string of the molecule is CC(c1ccccc1)C1CC(=O)CC(C(C)c2ccccc2)N1. The second-order valence-corrected chi connectivity index (χ2v) is 6.73. The number of carbonyl (C=O) groups is 1. The lowest BCUT2D eigenvalue weighted by Gasteiger charge is -2.37. The Morgan fingerprint density at radius 1 is 0.783 bits per heavy atom. The van der Waals surface area contributed by atoms with E-state index >= 15 is 0 Å². The number of hydrogen-bond donors (Lipinski definition) is 1. The van der Waals surface area contributed by atoms with Crippen LogP contribution >= 0.6 is 0 Å². The van der Waals surface area contributed by atoms with Crippen molar-refractivity contribution in [3.05, 3.63) is 71.8 Å². The summed E-state index contributed by atoms with van der Waals surface area (Å²) in [6.45, 7) is 4.44. The molecule has 1 saturated heterocycles. The Labute approximate surface area is 138 Å².